The minimum Gasteiger partial charge on any atom is -0.482 e. The van der Waals surface area contributed by atoms with E-state index in [1.807, 2.05) is 22.6 Å². The zero-order valence-corrected chi connectivity index (χ0v) is 15.1. The van der Waals surface area contributed by atoms with Crippen molar-refractivity contribution in [3.63, 3.8) is 0 Å². The number of rotatable bonds is 5. The van der Waals surface area contributed by atoms with Crippen LogP contribution in [0, 0.1) is 3.57 Å². The number of carbonyl (C=O) groups excluding carboxylic acids is 1. The summed E-state index contributed by atoms with van der Waals surface area (Å²) in [7, 11) is 0. The molecule has 2 rings (SSSR count). The van der Waals surface area contributed by atoms with E-state index in [0.717, 1.165) is 3.57 Å². The monoisotopic (exact) mass is 465 g/mol. The van der Waals surface area contributed by atoms with E-state index in [0.29, 0.717) is 10.8 Å². The van der Waals surface area contributed by atoms with Gasteiger partial charge in [0.1, 0.15) is 5.75 Å². The Bertz CT molecular complexity index is 767. The molecule has 23 heavy (non-hydrogen) atoms. The van der Waals surface area contributed by atoms with Gasteiger partial charge < -0.3 is 15.2 Å². The van der Waals surface area contributed by atoms with Gasteiger partial charge in [-0.25, -0.2) is 4.79 Å². The zero-order valence-electron chi connectivity index (χ0n) is 11.5. The molecule has 5 nitrogen and oxygen atoms in total. The van der Waals surface area contributed by atoms with Crippen molar-refractivity contribution in [2.75, 3.05) is 11.9 Å². The highest BCUT2D eigenvalue weighted by atomic mass is 127. The Morgan fingerprint density at radius 2 is 1.91 bits per heavy atom. The molecule has 0 radical (unpaired) electrons. The Labute approximate surface area is 155 Å². The van der Waals surface area contributed by atoms with Gasteiger partial charge in [0, 0.05) is 8.59 Å². The molecule has 0 aliphatic rings. The summed E-state index contributed by atoms with van der Waals surface area (Å²) in [5.41, 5.74) is 0.212. The number of carboxylic acid groups (broad SMARTS) is 1. The molecule has 0 saturated carbocycles. The van der Waals surface area contributed by atoms with Crippen LogP contribution in [0.15, 0.2) is 36.4 Å². The van der Waals surface area contributed by atoms with Gasteiger partial charge in [0.15, 0.2) is 6.61 Å². The summed E-state index contributed by atoms with van der Waals surface area (Å²) < 4.78 is 6.05. The first-order valence-corrected chi connectivity index (χ1v) is 8.11. The van der Waals surface area contributed by atoms with Crippen LogP contribution in [-0.2, 0) is 4.79 Å². The number of nitrogens with one attached hydrogen (secondary N) is 1. The smallest absolute Gasteiger partial charge is 0.337 e. The van der Waals surface area contributed by atoms with Crippen molar-refractivity contribution < 1.29 is 19.4 Å². The van der Waals surface area contributed by atoms with Gasteiger partial charge in [-0.2, -0.15) is 0 Å². The predicted octanol–water partition coefficient (Wildman–Crippen LogP) is 4.31. The van der Waals surface area contributed by atoms with Gasteiger partial charge in [-0.05, 0) is 59.0 Å². The van der Waals surface area contributed by atoms with E-state index in [2.05, 4.69) is 5.32 Å². The van der Waals surface area contributed by atoms with Gasteiger partial charge >= 0.3 is 5.97 Å². The van der Waals surface area contributed by atoms with E-state index in [1.54, 1.807) is 18.2 Å². The molecule has 0 fully saturated rings. The number of halogens is 3. The lowest BCUT2D eigenvalue weighted by atomic mass is 10.2. The lowest BCUT2D eigenvalue weighted by molar-refractivity contribution is -0.118. The second-order valence-electron chi connectivity index (χ2n) is 4.41. The topological polar surface area (TPSA) is 75.6 Å². The fourth-order valence-corrected chi connectivity index (χ4v) is 2.68. The van der Waals surface area contributed by atoms with E-state index in [1.165, 1.54) is 18.2 Å². The van der Waals surface area contributed by atoms with Crippen molar-refractivity contribution in [2.45, 2.75) is 0 Å². The molecular formula is C15H10Cl2INO4. The number of aromatic carboxylic acids is 1. The largest absolute Gasteiger partial charge is 0.482 e. The third-order valence-electron chi connectivity index (χ3n) is 2.74. The van der Waals surface area contributed by atoms with Crippen LogP contribution >= 0.6 is 45.8 Å². The Kier molecular flexibility index (Phi) is 6.09. The predicted molar refractivity (Wildman–Crippen MR) is 96.7 cm³/mol. The standard InChI is InChI=1S/C15H10Cl2INO4/c16-8-1-4-13(11(17)5-8)23-7-14(20)19-12-3-2-9(18)6-10(12)15(21)22/h1-6H,7H2,(H,19,20)(H,21,22). The Morgan fingerprint density at radius 3 is 2.57 bits per heavy atom. The molecule has 8 heteroatoms. The van der Waals surface area contributed by atoms with E-state index < -0.39 is 11.9 Å². The maximum atomic E-state index is 11.9. The molecule has 0 aliphatic carbocycles. The van der Waals surface area contributed by atoms with Crippen LogP contribution < -0.4 is 10.1 Å². The van der Waals surface area contributed by atoms with Crippen molar-refractivity contribution in [2.24, 2.45) is 0 Å². The summed E-state index contributed by atoms with van der Waals surface area (Å²) in [5, 5.41) is 12.4. The van der Waals surface area contributed by atoms with Crippen LogP contribution in [0.2, 0.25) is 10.0 Å². The van der Waals surface area contributed by atoms with Crippen LogP contribution in [0.5, 0.6) is 5.75 Å². The average molecular weight is 466 g/mol. The molecule has 0 heterocycles. The van der Waals surface area contributed by atoms with E-state index >= 15 is 0 Å². The Hall–Kier alpha value is -1.51. The van der Waals surface area contributed by atoms with Crippen LogP contribution in [-0.4, -0.2) is 23.6 Å². The summed E-state index contributed by atoms with van der Waals surface area (Å²) in [6.45, 7) is -0.313. The van der Waals surface area contributed by atoms with Crippen LogP contribution in [0.1, 0.15) is 10.4 Å². The first kappa shape index (κ1) is 17.8. The molecule has 2 aromatic rings. The maximum Gasteiger partial charge on any atom is 0.337 e. The Morgan fingerprint density at radius 1 is 1.17 bits per heavy atom. The van der Waals surface area contributed by atoms with Crippen molar-refractivity contribution in [1.82, 2.24) is 0 Å². The van der Waals surface area contributed by atoms with Crippen LogP contribution in [0.4, 0.5) is 5.69 Å². The first-order chi connectivity index (χ1) is 10.9. The van der Waals surface area contributed by atoms with Gasteiger partial charge in [-0.3, -0.25) is 4.79 Å². The van der Waals surface area contributed by atoms with Crippen molar-refractivity contribution in [3.05, 3.63) is 55.6 Å². The van der Waals surface area contributed by atoms with Gasteiger partial charge in [0.25, 0.3) is 5.91 Å². The second kappa shape index (κ2) is 7.85. The third kappa shape index (κ3) is 4.98. The van der Waals surface area contributed by atoms with Crippen molar-refractivity contribution >= 4 is 63.4 Å². The van der Waals surface area contributed by atoms with Crippen LogP contribution in [0.3, 0.4) is 0 Å². The number of hydrogen-bond acceptors (Lipinski definition) is 3. The lowest BCUT2D eigenvalue weighted by Gasteiger charge is -2.11. The normalized spacial score (nSPS) is 10.2. The SMILES string of the molecule is O=C(COc1ccc(Cl)cc1Cl)Nc1ccc(I)cc1C(=O)O. The Balaban J connectivity index is 2.04. The molecule has 0 aromatic heterocycles. The summed E-state index contributed by atoms with van der Waals surface area (Å²) in [6, 6.07) is 9.32. The summed E-state index contributed by atoms with van der Waals surface area (Å²) in [6.07, 6.45) is 0. The highest BCUT2D eigenvalue weighted by Crippen LogP contribution is 2.27. The number of ether oxygens (including phenoxy) is 1. The fraction of sp³-hybridized carbons (Fsp3) is 0.0667. The number of carbonyl (C=O) groups is 2. The highest BCUT2D eigenvalue weighted by molar-refractivity contribution is 14.1. The van der Waals surface area contributed by atoms with E-state index in [4.69, 9.17) is 33.0 Å². The number of amides is 1. The molecule has 0 aliphatic heterocycles. The van der Waals surface area contributed by atoms with Crippen molar-refractivity contribution in [3.8, 4) is 5.75 Å². The van der Waals surface area contributed by atoms with E-state index in [-0.39, 0.29) is 22.9 Å². The van der Waals surface area contributed by atoms with E-state index in [9.17, 15) is 9.59 Å². The van der Waals surface area contributed by atoms with Crippen molar-refractivity contribution in [1.29, 1.82) is 0 Å². The second-order valence-corrected chi connectivity index (χ2v) is 6.50. The summed E-state index contributed by atoms with van der Waals surface area (Å²) >= 11 is 13.7. The molecule has 1 amide bonds. The molecule has 0 bridgehead atoms. The molecule has 0 unspecified atom stereocenters. The molecule has 0 saturated heterocycles. The van der Waals surface area contributed by atoms with Gasteiger partial charge in [0.05, 0.1) is 16.3 Å². The molecule has 0 atom stereocenters. The highest BCUT2D eigenvalue weighted by Gasteiger charge is 2.14. The quantitative estimate of drug-likeness (QED) is 0.645. The average Bonchev–Trinajstić information content (AvgIpc) is 2.48. The molecular weight excluding hydrogens is 456 g/mol. The lowest BCUT2D eigenvalue weighted by Crippen LogP contribution is -2.21. The fourth-order valence-electron chi connectivity index (χ4n) is 1.72. The summed E-state index contributed by atoms with van der Waals surface area (Å²) in [4.78, 5) is 23.1. The molecule has 120 valence electrons. The maximum absolute atomic E-state index is 11.9. The number of hydrogen-bond donors (Lipinski definition) is 2. The van der Waals surface area contributed by atoms with Gasteiger partial charge in [-0.1, -0.05) is 23.2 Å². The minimum absolute atomic E-state index is 0.00905. The minimum atomic E-state index is -1.12. The van der Waals surface area contributed by atoms with Gasteiger partial charge in [-0.15, -0.1) is 0 Å². The first-order valence-electron chi connectivity index (χ1n) is 6.27. The number of benzene rings is 2. The number of carboxylic acids is 1. The van der Waals surface area contributed by atoms with Crippen LogP contribution in [0.25, 0.3) is 0 Å². The zero-order chi connectivity index (χ0) is 17.0. The summed E-state index contributed by atoms with van der Waals surface area (Å²) in [5.74, 6) is -1.31. The molecule has 2 aromatic carbocycles. The molecule has 0 spiro atoms. The number of anilines is 1. The molecule has 2 N–H and O–H groups in total. The van der Waals surface area contributed by atoms with Gasteiger partial charge in [0.2, 0.25) is 0 Å². The third-order valence-corrected chi connectivity index (χ3v) is 3.94.